The van der Waals surface area contributed by atoms with Gasteiger partial charge in [0.1, 0.15) is 0 Å². The molecule has 0 radical (unpaired) electrons. The van der Waals surface area contributed by atoms with Crippen molar-refractivity contribution in [1.29, 1.82) is 0 Å². The normalized spacial score (nSPS) is 22.1. The van der Waals surface area contributed by atoms with E-state index in [2.05, 4.69) is 45.7 Å². The summed E-state index contributed by atoms with van der Waals surface area (Å²) in [4.78, 5) is 1.26. The third kappa shape index (κ3) is 1.67. The summed E-state index contributed by atoms with van der Waals surface area (Å²) in [6.45, 7) is 2.18. The molecule has 5 heteroatoms. The van der Waals surface area contributed by atoms with Crippen LogP contribution >= 0.6 is 23.3 Å². The van der Waals surface area contributed by atoms with Crippen LogP contribution in [-0.4, -0.2) is 22.4 Å². The maximum absolute atomic E-state index is 4.36. The third-order valence-electron chi connectivity index (χ3n) is 2.22. The SMILES string of the molecule is CCC1C(c2cccs2)=NNN1SC. The van der Waals surface area contributed by atoms with Crippen LogP contribution in [0.15, 0.2) is 22.6 Å². The van der Waals surface area contributed by atoms with Gasteiger partial charge in [-0.05, 0) is 24.1 Å². The third-order valence-corrected chi connectivity index (χ3v) is 3.85. The van der Waals surface area contributed by atoms with E-state index in [9.17, 15) is 0 Å². The molecule has 0 fully saturated rings. The number of hydrazine groups is 1. The molecule has 3 nitrogen and oxygen atoms in total. The maximum Gasteiger partial charge on any atom is 0.0991 e. The van der Waals surface area contributed by atoms with Gasteiger partial charge in [0.15, 0.2) is 0 Å². The molecule has 0 amide bonds. The van der Waals surface area contributed by atoms with Gasteiger partial charge < -0.3 is 0 Å². The van der Waals surface area contributed by atoms with Crippen LogP contribution in [0.4, 0.5) is 0 Å². The van der Waals surface area contributed by atoms with E-state index in [0.717, 1.165) is 12.1 Å². The first-order valence-electron chi connectivity index (χ1n) is 4.57. The van der Waals surface area contributed by atoms with E-state index >= 15 is 0 Å². The number of thiophene rings is 1. The van der Waals surface area contributed by atoms with Crippen molar-refractivity contribution in [2.45, 2.75) is 19.4 Å². The van der Waals surface area contributed by atoms with Gasteiger partial charge in [-0.1, -0.05) is 24.9 Å². The highest BCUT2D eigenvalue weighted by atomic mass is 32.2. The van der Waals surface area contributed by atoms with Crippen LogP contribution in [-0.2, 0) is 0 Å². The van der Waals surface area contributed by atoms with E-state index in [1.165, 1.54) is 4.88 Å². The average Bonchev–Trinajstić information content (AvgIpc) is 2.85. The van der Waals surface area contributed by atoms with Gasteiger partial charge in [0, 0.05) is 0 Å². The molecule has 1 aromatic rings. The highest BCUT2D eigenvalue weighted by Gasteiger charge is 2.28. The number of nitrogens with zero attached hydrogens (tertiary/aromatic N) is 2. The fourth-order valence-electron chi connectivity index (χ4n) is 1.53. The molecule has 0 saturated heterocycles. The predicted octanol–water partition coefficient (Wildman–Crippen LogP) is 2.33. The number of hydrogen-bond donors (Lipinski definition) is 1. The molecular formula is C9H13N3S2. The first kappa shape index (κ1) is 10.0. The van der Waals surface area contributed by atoms with Crippen molar-refractivity contribution in [2.24, 2.45) is 5.10 Å². The Kier molecular flexibility index (Phi) is 3.10. The van der Waals surface area contributed by atoms with Crippen LogP contribution in [0, 0.1) is 0 Å². The molecule has 1 N–H and O–H groups in total. The molecule has 0 spiro atoms. The zero-order chi connectivity index (χ0) is 9.97. The fraction of sp³-hybridized carbons (Fsp3) is 0.444. The summed E-state index contributed by atoms with van der Waals surface area (Å²) in [6.07, 6.45) is 3.13. The van der Waals surface area contributed by atoms with Crippen molar-refractivity contribution in [3.8, 4) is 0 Å². The van der Waals surface area contributed by atoms with E-state index in [4.69, 9.17) is 0 Å². The molecule has 1 atom stereocenters. The quantitative estimate of drug-likeness (QED) is 0.803. The van der Waals surface area contributed by atoms with Crippen molar-refractivity contribution in [3.63, 3.8) is 0 Å². The molecule has 1 aromatic heterocycles. The number of hydrogen-bond acceptors (Lipinski definition) is 5. The molecule has 1 aliphatic heterocycles. The van der Waals surface area contributed by atoms with Gasteiger partial charge in [-0.2, -0.15) is 5.10 Å². The first-order valence-corrected chi connectivity index (χ1v) is 6.63. The first-order chi connectivity index (χ1) is 6.86. The second-order valence-electron chi connectivity index (χ2n) is 3.01. The summed E-state index contributed by atoms with van der Waals surface area (Å²) in [6, 6.07) is 4.58. The zero-order valence-corrected chi connectivity index (χ0v) is 9.86. The highest BCUT2D eigenvalue weighted by Crippen LogP contribution is 2.23. The van der Waals surface area contributed by atoms with Crippen LogP contribution in [0.25, 0.3) is 0 Å². The zero-order valence-electron chi connectivity index (χ0n) is 8.23. The molecule has 0 bridgehead atoms. The van der Waals surface area contributed by atoms with E-state index in [-0.39, 0.29) is 0 Å². The van der Waals surface area contributed by atoms with Crippen LogP contribution in [0.1, 0.15) is 18.2 Å². The summed E-state index contributed by atoms with van der Waals surface area (Å²) < 4.78 is 2.09. The van der Waals surface area contributed by atoms with E-state index in [0.29, 0.717) is 6.04 Å². The molecular weight excluding hydrogens is 214 g/mol. The smallest absolute Gasteiger partial charge is 0.0991 e. The molecule has 1 unspecified atom stereocenters. The Morgan fingerprint density at radius 2 is 2.57 bits per heavy atom. The van der Waals surface area contributed by atoms with Crippen LogP contribution in [0.5, 0.6) is 0 Å². The molecule has 1 aliphatic rings. The van der Waals surface area contributed by atoms with Gasteiger partial charge in [-0.15, -0.1) is 15.8 Å². The van der Waals surface area contributed by atoms with Crippen LogP contribution < -0.4 is 5.53 Å². The van der Waals surface area contributed by atoms with Crippen molar-refractivity contribution in [3.05, 3.63) is 22.4 Å². The fourth-order valence-corrected chi connectivity index (χ4v) is 2.92. The molecule has 14 heavy (non-hydrogen) atoms. The van der Waals surface area contributed by atoms with E-state index in [1.807, 2.05) is 0 Å². The predicted molar refractivity (Wildman–Crippen MR) is 63.4 cm³/mol. The lowest BCUT2D eigenvalue weighted by Crippen LogP contribution is -2.34. The van der Waals surface area contributed by atoms with E-state index < -0.39 is 0 Å². The van der Waals surface area contributed by atoms with Gasteiger partial charge in [0.05, 0.1) is 16.6 Å². The van der Waals surface area contributed by atoms with Crippen molar-refractivity contribution in [2.75, 3.05) is 6.26 Å². The van der Waals surface area contributed by atoms with Crippen molar-refractivity contribution in [1.82, 2.24) is 9.95 Å². The molecule has 0 aliphatic carbocycles. The highest BCUT2D eigenvalue weighted by molar-refractivity contribution is 7.96. The van der Waals surface area contributed by atoms with Crippen molar-refractivity contribution < 1.29 is 0 Å². The Labute approximate surface area is 92.3 Å². The Hall–Kier alpha value is -0.520. The topological polar surface area (TPSA) is 27.6 Å². The second kappa shape index (κ2) is 4.33. The average molecular weight is 227 g/mol. The lowest BCUT2D eigenvalue weighted by molar-refractivity contribution is 0.356. The lowest BCUT2D eigenvalue weighted by Gasteiger charge is -2.19. The lowest BCUT2D eigenvalue weighted by atomic mass is 10.1. The summed E-state index contributed by atoms with van der Waals surface area (Å²) in [5.41, 5.74) is 4.20. The minimum absolute atomic E-state index is 0.392. The van der Waals surface area contributed by atoms with Gasteiger partial charge in [-0.3, -0.25) is 0 Å². The van der Waals surface area contributed by atoms with Gasteiger partial charge >= 0.3 is 0 Å². The van der Waals surface area contributed by atoms with Gasteiger partial charge in [-0.25, -0.2) is 5.53 Å². The molecule has 76 valence electrons. The Bertz CT molecular complexity index is 321. The summed E-state index contributed by atoms with van der Waals surface area (Å²) in [5, 5.41) is 6.45. The summed E-state index contributed by atoms with van der Waals surface area (Å²) >= 11 is 3.42. The van der Waals surface area contributed by atoms with Crippen LogP contribution in [0.2, 0.25) is 0 Å². The summed E-state index contributed by atoms with van der Waals surface area (Å²) in [5.74, 6) is 0. The molecule has 0 saturated carbocycles. The molecule has 2 heterocycles. The minimum atomic E-state index is 0.392. The Morgan fingerprint density at radius 1 is 1.71 bits per heavy atom. The maximum atomic E-state index is 4.36. The second-order valence-corrected chi connectivity index (χ2v) is 4.71. The van der Waals surface area contributed by atoms with Gasteiger partial charge in [0.25, 0.3) is 0 Å². The van der Waals surface area contributed by atoms with E-state index in [1.54, 1.807) is 23.3 Å². The summed E-state index contributed by atoms with van der Waals surface area (Å²) in [7, 11) is 0. The molecule has 0 aromatic carbocycles. The monoisotopic (exact) mass is 227 g/mol. The standard InChI is InChI=1S/C9H13N3S2/c1-3-7-9(8-5-4-6-14-8)10-11-12(7)13-2/h4-7,11H,3H2,1-2H3. The number of nitrogens with one attached hydrogen (secondary N) is 1. The Balaban J connectivity index is 2.21. The minimum Gasteiger partial charge on any atom is -0.229 e. The van der Waals surface area contributed by atoms with Gasteiger partial charge in [0.2, 0.25) is 0 Å². The van der Waals surface area contributed by atoms with Crippen molar-refractivity contribution >= 4 is 29.0 Å². The number of rotatable bonds is 3. The largest absolute Gasteiger partial charge is 0.229 e. The number of hydrazone groups is 1. The Morgan fingerprint density at radius 3 is 3.14 bits per heavy atom. The molecule has 2 rings (SSSR count). The van der Waals surface area contributed by atoms with Crippen LogP contribution in [0.3, 0.4) is 0 Å².